The van der Waals surface area contributed by atoms with Crippen LogP contribution in [0, 0.1) is 0 Å². The molecule has 0 radical (unpaired) electrons. The van der Waals surface area contributed by atoms with Crippen molar-refractivity contribution in [2.24, 2.45) is 0 Å². The predicted octanol–water partition coefficient (Wildman–Crippen LogP) is 2.31. The average Bonchev–Trinajstić information content (AvgIpc) is 2.92. The van der Waals surface area contributed by atoms with E-state index in [9.17, 15) is 4.79 Å². The van der Waals surface area contributed by atoms with Crippen molar-refractivity contribution >= 4 is 23.2 Å². The van der Waals surface area contributed by atoms with Gasteiger partial charge in [0.1, 0.15) is 5.82 Å². The molecule has 1 aromatic heterocycles. The van der Waals surface area contributed by atoms with Crippen molar-refractivity contribution in [3.63, 3.8) is 0 Å². The number of fused-ring (bicyclic) bond motifs is 1. The van der Waals surface area contributed by atoms with Gasteiger partial charge in [0.25, 0.3) is 0 Å². The lowest BCUT2D eigenvalue weighted by atomic mass is 10.1. The number of hydrogen-bond donors (Lipinski definition) is 2. The zero-order valence-electron chi connectivity index (χ0n) is 8.96. The third-order valence-corrected chi connectivity index (χ3v) is 3.05. The van der Waals surface area contributed by atoms with Gasteiger partial charge in [0.2, 0.25) is 5.91 Å². The Morgan fingerprint density at radius 2 is 2.29 bits per heavy atom. The first kappa shape index (κ1) is 10.4. The summed E-state index contributed by atoms with van der Waals surface area (Å²) in [5, 5.41) is 2.81. The summed E-state index contributed by atoms with van der Waals surface area (Å²) in [7, 11) is 0. The molecule has 86 valence electrons. The van der Waals surface area contributed by atoms with Crippen LogP contribution in [-0.4, -0.2) is 15.9 Å². The van der Waals surface area contributed by atoms with E-state index in [1.54, 1.807) is 6.20 Å². The average molecular weight is 248 g/mol. The Morgan fingerprint density at radius 3 is 3.06 bits per heavy atom. The molecule has 0 bridgehead atoms. The van der Waals surface area contributed by atoms with Crippen LogP contribution in [-0.2, 0) is 17.1 Å². The van der Waals surface area contributed by atoms with Crippen molar-refractivity contribution in [2.75, 3.05) is 5.32 Å². The highest BCUT2D eigenvalue weighted by Gasteiger charge is 2.18. The van der Waals surface area contributed by atoms with Gasteiger partial charge in [0, 0.05) is 5.69 Å². The fourth-order valence-electron chi connectivity index (χ4n) is 1.97. The maximum Gasteiger partial charge on any atom is 0.228 e. The first-order chi connectivity index (χ1) is 8.26. The number of amides is 1. The third kappa shape index (κ3) is 1.80. The maximum atomic E-state index is 11.2. The molecule has 0 saturated heterocycles. The quantitative estimate of drug-likeness (QED) is 0.800. The summed E-state index contributed by atoms with van der Waals surface area (Å²) in [5.74, 6) is 1.16. The molecule has 5 heteroatoms. The topological polar surface area (TPSA) is 57.8 Å². The molecule has 2 aromatic rings. The van der Waals surface area contributed by atoms with Crippen molar-refractivity contribution in [3.8, 4) is 11.3 Å². The molecule has 0 spiro atoms. The fourth-order valence-corrected chi connectivity index (χ4v) is 2.11. The van der Waals surface area contributed by atoms with Crippen LogP contribution < -0.4 is 5.32 Å². The number of nitrogens with zero attached hydrogens (tertiary/aromatic N) is 1. The SMILES string of the molecule is O=C1Cc2cc(-c3cnc(CCl)[nH]3)ccc2N1. The first-order valence-corrected chi connectivity index (χ1v) is 5.83. The molecule has 3 rings (SSSR count). The van der Waals surface area contributed by atoms with Gasteiger partial charge in [-0.15, -0.1) is 11.6 Å². The van der Waals surface area contributed by atoms with Gasteiger partial charge < -0.3 is 10.3 Å². The molecular formula is C12H10ClN3O. The number of anilines is 1. The number of alkyl halides is 1. The van der Waals surface area contributed by atoms with E-state index in [1.165, 1.54) is 0 Å². The monoisotopic (exact) mass is 247 g/mol. The molecule has 1 aromatic carbocycles. The molecule has 4 nitrogen and oxygen atoms in total. The molecule has 1 amide bonds. The van der Waals surface area contributed by atoms with Crippen molar-refractivity contribution in [1.82, 2.24) is 9.97 Å². The molecular weight excluding hydrogens is 238 g/mol. The van der Waals surface area contributed by atoms with Crippen LogP contribution in [0.1, 0.15) is 11.4 Å². The van der Waals surface area contributed by atoms with E-state index in [2.05, 4.69) is 15.3 Å². The molecule has 0 unspecified atom stereocenters. The molecule has 17 heavy (non-hydrogen) atoms. The molecule has 1 aliphatic rings. The fraction of sp³-hybridized carbons (Fsp3) is 0.167. The van der Waals surface area contributed by atoms with Crippen molar-refractivity contribution in [2.45, 2.75) is 12.3 Å². The maximum absolute atomic E-state index is 11.2. The van der Waals surface area contributed by atoms with E-state index >= 15 is 0 Å². The molecule has 0 aliphatic carbocycles. The number of carbonyl (C=O) groups excluding carboxylic acids is 1. The Morgan fingerprint density at radius 1 is 1.41 bits per heavy atom. The number of aromatic nitrogens is 2. The lowest BCUT2D eigenvalue weighted by molar-refractivity contribution is -0.115. The van der Waals surface area contributed by atoms with Crippen molar-refractivity contribution < 1.29 is 4.79 Å². The Bertz CT molecular complexity index is 591. The van der Waals surface area contributed by atoms with Crippen molar-refractivity contribution in [3.05, 3.63) is 35.8 Å². The van der Waals surface area contributed by atoms with Crippen LogP contribution in [0.3, 0.4) is 0 Å². The number of carbonyl (C=O) groups is 1. The molecule has 0 atom stereocenters. The Balaban J connectivity index is 1.99. The number of halogens is 1. The van der Waals surface area contributed by atoms with Gasteiger partial charge in [-0.2, -0.15) is 0 Å². The van der Waals surface area contributed by atoms with Gasteiger partial charge in [-0.3, -0.25) is 4.79 Å². The lowest BCUT2D eigenvalue weighted by Gasteiger charge is -2.01. The van der Waals surface area contributed by atoms with E-state index in [0.717, 1.165) is 28.3 Å². The Hall–Kier alpha value is -1.81. The van der Waals surface area contributed by atoms with Crippen LogP contribution >= 0.6 is 11.6 Å². The number of aromatic amines is 1. The number of nitrogens with one attached hydrogen (secondary N) is 2. The number of hydrogen-bond acceptors (Lipinski definition) is 2. The minimum atomic E-state index is 0.0446. The molecule has 1 aliphatic heterocycles. The summed E-state index contributed by atoms with van der Waals surface area (Å²) in [6.07, 6.45) is 2.20. The van der Waals surface area contributed by atoms with Crippen LogP contribution in [0.4, 0.5) is 5.69 Å². The number of imidazole rings is 1. The minimum absolute atomic E-state index is 0.0446. The number of H-pyrrole nitrogens is 1. The minimum Gasteiger partial charge on any atom is -0.341 e. The second-order valence-corrected chi connectivity index (χ2v) is 4.24. The highest BCUT2D eigenvalue weighted by molar-refractivity contribution is 6.16. The Kier molecular flexibility index (Phi) is 2.37. The van der Waals surface area contributed by atoms with E-state index in [1.807, 2.05) is 18.2 Å². The van der Waals surface area contributed by atoms with Gasteiger partial charge in [-0.05, 0) is 23.3 Å². The van der Waals surface area contributed by atoms with Gasteiger partial charge in [0.05, 0.1) is 24.2 Å². The van der Waals surface area contributed by atoms with E-state index in [-0.39, 0.29) is 5.91 Å². The summed E-state index contributed by atoms with van der Waals surface area (Å²) in [6, 6.07) is 5.87. The molecule has 2 heterocycles. The van der Waals surface area contributed by atoms with E-state index in [0.29, 0.717) is 12.3 Å². The van der Waals surface area contributed by atoms with Crippen LogP contribution in [0.15, 0.2) is 24.4 Å². The van der Waals surface area contributed by atoms with Gasteiger partial charge in [-0.25, -0.2) is 4.98 Å². The lowest BCUT2D eigenvalue weighted by Crippen LogP contribution is -2.03. The summed E-state index contributed by atoms with van der Waals surface area (Å²) >= 11 is 5.69. The number of rotatable bonds is 2. The predicted molar refractivity (Wildman–Crippen MR) is 65.9 cm³/mol. The second-order valence-electron chi connectivity index (χ2n) is 3.97. The van der Waals surface area contributed by atoms with E-state index < -0.39 is 0 Å². The molecule has 0 saturated carbocycles. The molecule has 2 N–H and O–H groups in total. The molecule has 0 fully saturated rings. The normalized spacial score (nSPS) is 13.6. The van der Waals surface area contributed by atoms with Gasteiger partial charge >= 0.3 is 0 Å². The second kappa shape index (κ2) is 3.89. The Labute approximate surface area is 103 Å². The highest BCUT2D eigenvalue weighted by atomic mass is 35.5. The summed E-state index contributed by atoms with van der Waals surface area (Å²) in [4.78, 5) is 18.5. The van der Waals surface area contributed by atoms with Crippen molar-refractivity contribution in [1.29, 1.82) is 0 Å². The first-order valence-electron chi connectivity index (χ1n) is 5.29. The summed E-state index contributed by atoms with van der Waals surface area (Å²) in [5.41, 5.74) is 3.86. The van der Waals surface area contributed by atoms with Gasteiger partial charge in [-0.1, -0.05) is 6.07 Å². The smallest absolute Gasteiger partial charge is 0.228 e. The van der Waals surface area contributed by atoms with E-state index in [4.69, 9.17) is 11.6 Å². The largest absolute Gasteiger partial charge is 0.341 e. The zero-order chi connectivity index (χ0) is 11.8. The van der Waals surface area contributed by atoms with Crippen LogP contribution in [0.5, 0.6) is 0 Å². The number of benzene rings is 1. The highest BCUT2D eigenvalue weighted by Crippen LogP contribution is 2.28. The van der Waals surface area contributed by atoms with Crippen LogP contribution in [0.2, 0.25) is 0 Å². The summed E-state index contributed by atoms with van der Waals surface area (Å²) in [6.45, 7) is 0. The summed E-state index contributed by atoms with van der Waals surface area (Å²) < 4.78 is 0. The van der Waals surface area contributed by atoms with Crippen LogP contribution in [0.25, 0.3) is 11.3 Å². The van der Waals surface area contributed by atoms with Gasteiger partial charge in [0.15, 0.2) is 0 Å². The zero-order valence-corrected chi connectivity index (χ0v) is 9.71. The third-order valence-electron chi connectivity index (χ3n) is 2.80. The standard InChI is InChI=1S/C12H10ClN3O/c13-5-11-14-6-10(15-11)7-1-2-9-8(3-7)4-12(17)16-9/h1-3,6H,4-5H2,(H,14,15)(H,16,17).